The van der Waals surface area contributed by atoms with Crippen molar-refractivity contribution in [3.05, 3.63) is 57.3 Å². The van der Waals surface area contributed by atoms with Crippen molar-refractivity contribution in [2.24, 2.45) is 0 Å². The third-order valence-corrected chi connectivity index (χ3v) is 4.80. The van der Waals surface area contributed by atoms with Gasteiger partial charge in [-0.15, -0.1) is 11.3 Å². The van der Waals surface area contributed by atoms with Crippen LogP contribution in [-0.4, -0.2) is 0 Å². The molecule has 0 aliphatic carbocycles. The van der Waals surface area contributed by atoms with Crippen LogP contribution in [0.4, 0.5) is 0 Å². The minimum absolute atomic E-state index is 0.383. The van der Waals surface area contributed by atoms with Gasteiger partial charge in [0.15, 0.2) is 0 Å². The normalized spacial score (nSPS) is 14.2. The standard InChI is InChI=1S/C18H25NS/c1-5-7-17(18-8-6-11-20-18)19-15(4)16-12-13(2)9-10-14(16)3/h6,8-12,15,17,19H,5,7H2,1-4H3. The Balaban J connectivity index is 2.15. The van der Waals surface area contributed by atoms with E-state index in [0.29, 0.717) is 12.1 Å². The van der Waals surface area contributed by atoms with E-state index in [0.717, 1.165) is 0 Å². The molecule has 1 heterocycles. The van der Waals surface area contributed by atoms with Crippen LogP contribution in [0.5, 0.6) is 0 Å². The number of thiophene rings is 1. The molecule has 2 atom stereocenters. The first kappa shape index (κ1) is 15.3. The molecule has 0 saturated heterocycles. The van der Waals surface area contributed by atoms with Crippen LogP contribution in [0, 0.1) is 13.8 Å². The molecule has 1 aromatic carbocycles. The van der Waals surface area contributed by atoms with Gasteiger partial charge in [-0.3, -0.25) is 0 Å². The molecular weight excluding hydrogens is 262 g/mol. The molecule has 2 heteroatoms. The van der Waals surface area contributed by atoms with Gasteiger partial charge in [-0.1, -0.05) is 43.2 Å². The molecular formula is C18H25NS. The Labute approximate surface area is 127 Å². The van der Waals surface area contributed by atoms with E-state index in [2.05, 4.69) is 68.7 Å². The van der Waals surface area contributed by atoms with E-state index in [9.17, 15) is 0 Å². The van der Waals surface area contributed by atoms with E-state index in [4.69, 9.17) is 0 Å². The summed E-state index contributed by atoms with van der Waals surface area (Å²) in [6.45, 7) is 8.90. The zero-order valence-corrected chi connectivity index (χ0v) is 13.8. The highest BCUT2D eigenvalue weighted by molar-refractivity contribution is 7.10. The van der Waals surface area contributed by atoms with Gasteiger partial charge in [-0.25, -0.2) is 0 Å². The molecule has 2 unspecified atom stereocenters. The molecule has 0 amide bonds. The maximum absolute atomic E-state index is 3.82. The topological polar surface area (TPSA) is 12.0 Å². The summed E-state index contributed by atoms with van der Waals surface area (Å²) >= 11 is 1.85. The third kappa shape index (κ3) is 3.71. The van der Waals surface area contributed by atoms with Gasteiger partial charge in [0.25, 0.3) is 0 Å². The Bertz CT molecular complexity index is 530. The summed E-state index contributed by atoms with van der Waals surface area (Å²) in [6.07, 6.45) is 2.39. The van der Waals surface area contributed by atoms with Crippen LogP contribution < -0.4 is 5.32 Å². The van der Waals surface area contributed by atoms with Gasteiger partial charge >= 0.3 is 0 Å². The molecule has 1 N–H and O–H groups in total. The molecule has 0 aliphatic rings. The summed E-state index contributed by atoms with van der Waals surface area (Å²) < 4.78 is 0. The number of hydrogen-bond acceptors (Lipinski definition) is 2. The second kappa shape index (κ2) is 7.05. The Hall–Kier alpha value is -1.12. The zero-order valence-electron chi connectivity index (χ0n) is 12.9. The minimum atomic E-state index is 0.383. The number of benzene rings is 1. The molecule has 2 rings (SSSR count). The van der Waals surface area contributed by atoms with Gasteiger partial charge < -0.3 is 5.32 Å². The summed E-state index contributed by atoms with van der Waals surface area (Å²) in [5, 5.41) is 5.98. The summed E-state index contributed by atoms with van der Waals surface area (Å²) in [4.78, 5) is 1.45. The predicted octanol–water partition coefficient (Wildman–Crippen LogP) is 5.56. The fraction of sp³-hybridized carbons (Fsp3) is 0.444. The van der Waals surface area contributed by atoms with Crippen molar-refractivity contribution in [3.8, 4) is 0 Å². The second-order valence-electron chi connectivity index (χ2n) is 5.61. The molecule has 0 radical (unpaired) electrons. The highest BCUT2D eigenvalue weighted by atomic mass is 32.1. The summed E-state index contributed by atoms with van der Waals surface area (Å²) in [5.74, 6) is 0. The summed E-state index contributed by atoms with van der Waals surface area (Å²) in [6, 6.07) is 12.0. The maximum atomic E-state index is 3.82. The lowest BCUT2D eigenvalue weighted by atomic mass is 9.98. The van der Waals surface area contributed by atoms with Gasteiger partial charge in [-0.05, 0) is 49.8 Å². The smallest absolute Gasteiger partial charge is 0.0419 e. The quantitative estimate of drug-likeness (QED) is 0.733. The molecule has 0 aliphatic heterocycles. The molecule has 0 bridgehead atoms. The van der Waals surface area contributed by atoms with Crippen molar-refractivity contribution in [1.82, 2.24) is 5.32 Å². The first-order valence-electron chi connectivity index (χ1n) is 7.48. The Morgan fingerprint density at radius 1 is 1.20 bits per heavy atom. The Morgan fingerprint density at radius 3 is 2.65 bits per heavy atom. The molecule has 0 fully saturated rings. The van der Waals surface area contributed by atoms with E-state index in [1.54, 1.807) is 0 Å². The van der Waals surface area contributed by atoms with Crippen LogP contribution in [0.3, 0.4) is 0 Å². The zero-order chi connectivity index (χ0) is 14.5. The predicted molar refractivity (Wildman–Crippen MR) is 89.4 cm³/mol. The molecule has 1 nitrogen and oxygen atoms in total. The van der Waals surface area contributed by atoms with Crippen molar-refractivity contribution < 1.29 is 0 Å². The monoisotopic (exact) mass is 287 g/mol. The van der Waals surface area contributed by atoms with Crippen molar-refractivity contribution >= 4 is 11.3 Å². The lowest BCUT2D eigenvalue weighted by Crippen LogP contribution is -2.24. The lowest BCUT2D eigenvalue weighted by molar-refractivity contribution is 0.444. The SMILES string of the molecule is CCCC(NC(C)c1cc(C)ccc1C)c1cccs1. The van der Waals surface area contributed by atoms with Crippen LogP contribution in [0.1, 0.15) is 60.3 Å². The van der Waals surface area contributed by atoms with Crippen LogP contribution in [-0.2, 0) is 0 Å². The van der Waals surface area contributed by atoms with Gasteiger partial charge in [0.1, 0.15) is 0 Å². The fourth-order valence-corrected chi connectivity index (χ4v) is 3.53. The number of rotatable bonds is 6. The average Bonchev–Trinajstić information content (AvgIpc) is 2.95. The fourth-order valence-electron chi connectivity index (χ4n) is 2.70. The van der Waals surface area contributed by atoms with E-state index < -0.39 is 0 Å². The van der Waals surface area contributed by atoms with Gasteiger partial charge in [-0.2, -0.15) is 0 Å². The van der Waals surface area contributed by atoms with Gasteiger partial charge in [0.05, 0.1) is 0 Å². The van der Waals surface area contributed by atoms with Crippen molar-refractivity contribution in [2.75, 3.05) is 0 Å². The Kier molecular flexibility index (Phi) is 5.38. The molecule has 2 aromatic rings. The highest BCUT2D eigenvalue weighted by Crippen LogP contribution is 2.28. The summed E-state index contributed by atoms with van der Waals surface area (Å²) in [5.41, 5.74) is 4.13. The van der Waals surface area contributed by atoms with E-state index in [-0.39, 0.29) is 0 Å². The van der Waals surface area contributed by atoms with Crippen LogP contribution in [0.2, 0.25) is 0 Å². The van der Waals surface area contributed by atoms with Crippen LogP contribution in [0.15, 0.2) is 35.7 Å². The largest absolute Gasteiger partial charge is 0.303 e. The second-order valence-corrected chi connectivity index (χ2v) is 6.58. The van der Waals surface area contributed by atoms with E-state index in [1.165, 1.54) is 34.4 Å². The molecule has 20 heavy (non-hydrogen) atoms. The van der Waals surface area contributed by atoms with Crippen LogP contribution in [0.25, 0.3) is 0 Å². The lowest BCUT2D eigenvalue weighted by Gasteiger charge is -2.24. The highest BCUT2D eigenvalue weighted by Gasteiger charge is 2.16. The van der Waals surface area contributed by atoms with Crippen molar-refractivity contribution in [2.45, 2.75) is 52.6 Å². The van der Waals surface area contributed by atoms with Crippen LogP contribution >= 0.6 is 11.3 Å². The minimum Gasteiger partial charge on any atom is -0.303 e. The van der Waals surface area contributed by atoms with Gasteiger partial charge in [0.2, 0.25) is 0 Å². The van der Waals surface area contributed by atoms with Crippen molar-refractivity contribution in [3.63, 3.8) is 0 Å². The molecule has 0 spiro atoms. The Morgan fingerprint density at radius 2 is 2.00 bits per heavy atom. The third-order valence-electron chi connectivity index (χ3n) is 3.82. The maximum Gasteiger partial charge on any atom is 0.0419 e. The van der Waals surface area contributed by atoms with E-state index >= 15 is 0 Å². The molecule has 108 valence electrons. The van der Waals surface area contributed by atoms with E-state index in [1.807, 2.05) is 11.3 Å². The number of nitrogens with one attached hydrogen (secondary N) is 1. The number of aryl methyl sites for hydroxylation is 2. The first-order chi connectivity index (χ1) is 9.61. The van der Waals surface area contributed by atoms with Gasteiger partial charge in [0, 0.05) is 17.0 Å². The first-order valence-corrected chi connectivity index (χ1v) is 8.36. The van der Waals surface area contributed by atoms with Crippen molar-refractivity contribution in [1.29, 1.82) is 0 Å². The average molecular weight is 287 g/mol. The summed E-state index contributed by atoms with van der Waals surface area (Å²) in [7, 11) is 0. The number of hydrogen-bond donors (Lipinski definition) is 1. The molecule has 0 saturated carbocycles. The molecule has 1 aromatic heterocycles.